The zero-order valence-corrected chi connectivity index (χ0v) is 9.19. The van der Waals surface area contributed by atoms with E-state index in [4.69, 9.17) is 0 Å². The third-order valence-corrected chi connectivity index (χ3v) is 3.01. The Morgan fingerprint density at radius 2 is 2.00 bits per heavy atom. The van der Waals surface area contributed by atoms with Crippen LogP contribution in [0.3, 0.4) is 0 Å². The molecule has 13 heavy (non-hydrogen) atoms. The van der Waals surface area contributed by atoms with Crippen molar-refractivity contribution in [3.63, 3.8) is 0 Å². The number of hydrogen-bond acceptors (Lipinski definition) is 2. The van der Waals surface area contributed by atoms with Gasteiger partial charge in [0, 0.05) is 6.54 Å². The van der Waals surface area contributed by atoms with Gasteiger partial charge in [-0.05, 0) is 31.2 Å². The minimum Gasteiger partial charge on any atom is -0.389 e. The lowest BCUT2D eigenvalue weighted by atomic mass is 9.70. The van der Waals surface area contributed by atoms with Gasteiger partial charge in [-0.25, -0.2) is 0 Å². The molecule has 2 nitrogen and oxygen atoms in total. The zero-order valence-electron chi connectivity index (χ0n) is 9.19. The summed E-state index contributed by atoms with van der Waals surface area (Å²) in [4.78, 5) is 0. The number of rotatable bonds is 3. The Morgan fingerprint density at radius 1 is 1.31 bits per heavy atom. The average Bonchev–Trinajstić information content (AvgIpc) is 1.98. The standard InChI is InChI=1S/C11H23NO/c1-4-12-9-11(13)7-5-6-10(2,3)8-11/h12-13H,4-9H2,1-3H3. The molecule has 0 heterocycles. The SMILES string of the molecule is CCNCC1(O)CCCC(C)(C)C1. The fourth-order valence-corrected chi connectivity index (χ4v) is 2.47. The molecule has 1 atom stereocenters. The molecule has 0 aromatic carbocycles. The third-order valence-electron chi connectivity index (χ3n) is 3.01. The van der Waals surface area contributed by atoms with E-state index in [1.54, 1.807) is 0 Å². The van der Waals surface area contributed by atoms with Gasteiger partial charge in [0.05, 0.1) is 5.60 Å². The quantitative estimate of drug-likeness (QED) is 0.704. The van der Waals surface area contributed by atoms with Gasteiger partial charge in [0.2, 0.25) is 0 Å². The normalized spacial score (nSPS) is 33.2. The monoisotopic (exact) mass is 185 g/mol. The van der Waals surface area contributed by atoms with Crippen molar-refractivity contribution in [3.8, 4) is 0 Å². The Bertz CT molecular complexity index is 167. The summed E-state index contributed by atoms with van der Waals surface area (Å²) in [5.74, 6) is 0. The van der Waals surface area contributed by atoms with Crippen molar-refractivity contribution in [2.75, 3.05) is 13.1 Å². The smallest absolute Gasteiger partial charge is 0.0776 e. The van der Waals surface area contributed by atoms with Crippen LogP contribution in [0.2, 0.25) is 0 Å². The maximum Gasteiger partial charge on any atom is 0.0776 e. The van der Waals surface area contributed by atoms with Crippen LogP contribution in [0.25, 0.3) is 0 Å². The molecule has 2 heteroatoms. The molecule has 0 spiro atoms. The Balaban J connectivity index is 2.47. The van der Waals surface area contributed by atoms with Crippen molar-refractivity contribution >= 4 is 0 Å². The highest BCUT2D eigenvalue weighted by atomic mass is 16.3. The summed E-state index contributed by atoms with van der Waals surface area (Å²) in [5, 5.41) is 13.5. The van der Waals surface area contributed by atoms with E-state index < -0.39 is 5.60 Å². The van der Waals surface area contributed by atoms with Gasteiger partial charge in [0.15, 0.2) is 0 Å². The number of likely N-dealkylation sites (N-methyl/N-ethyl adjacent to an activating group) is 1. The van der Waals surface area contributed by atoms with Crippen molar-refractivity contribution in [2.45, 2.75) is 52.1 Å². The molecule has 0 bridgehead atoms. The highest BCUT2D eigenvalue weighted by molar-refractivity contribution is 4.91. The molecular weight excluding hydrogens is 162 g/mol. The first-order valence-corrected chi connectivity index (χ1v) is 5.41. The van der Waals surface area contributed by atoms with Gasteiger partial charge >= 0.3 is 0 Å². The minimum atomic E-state index is -0.447. The van der Waals surface area contributed by atoms with Crippen molar-refractivity contribution < 1.29 is 5.11 Å². The second-order valence-corrected chi connectivity index (χ2v) is 5.20. The number of aliphatic hydroxyl groups is 1. The molecule has 0 saturated heterocycles. The lowest BCUT2D eigenvalue weighted by Crippen LogP contribution is -2.46. The number of hydrogen-bond donors (Lipinski definition) is 2. The fourth-order valence-electron chi connectivity index (χ4n) is 2.47. The largest absolute Gasteiger partial charge is 0.389 e. The Kier molecular flexibility index (Phi) is 3.36. The predicted molar refractivity (Wildman–Crippen MR) is 55.7 cm³/mol. The van der Waals surface area contributed by atoms with E-state index in [0.29, 0.717) is 5.41 Å². The summed E-state index contributed by atoms with van der Waals surface area (Å²) in [6, 6.07) is 0. The topological polar surface area (TPSA) is 32.3 Å². The van der Waals surface area contributed by atoms with Crippen molar-refractivity contribution in [1.29, 1.82) is 0 Å². The molecule has 0 aromatic heterocycles. The van der Waals surface area contributed by atoms with Crippen LogP contribution >= 0.6 is 0 Å². The van der Waals surface area contributed by atoms with E-state index >= 15 is 0 Å². The lowest BCUT2D eigenvalue weighted by Gasteiger charge is -2.41. The Labute approximate surface area is 81.7 Å². The van der Waals surface area contributed by atoms with Gasteiger partial charge < -0.3 is 10.4 Å². The maximum atomic E-state index is 10.3. The van der Waals surface area contributed by atoms with E-state index in [0.717, 1.165) is 32.4 Å². The highest BCUT2D eigenvalue weighted by Crippen LogP contribution is 2.40. The lowest BCUT2D eigenvalue weighted by molar-refractivity contribution is -0.0368. The summed E-state index contributed by atoms with van der Waals surface area (Å²) in [5.41, 5.74) is -0.125. The van der Waals surface area contributed by atoms with E-state index in [1.165, 1.54) is 6.42 Å². The van der Waals surface area contributed by atoms with Crippen LogP contribution < -0.4 is 5.32 Å². The highest BCUT2D eigenvalue weighted by Gasteiger charge is 2.37. The van der Waals surface area contributed by atoms with Crippen LogP contribution in [0.4, 0.5) is 0 Å². The molecule has 0 amide bonds. The van der Waals surface area contributed by atoms with E-state index in [9.17, 15) is 5.11 Å². The van der Waals surface area contributed by atoms with E-state index in [-0.39, 0.29) is 0 Å². The summed E-state index contributed by atoms with van der Waals surface area (Å²) < 4.78 is 0. The van der Waals surface area contributed by atoms with Gasteiger partial charge in [0.25, 0.3) is 0 Å². The first-order valence-electron chi connectivity index (χ1n) is 5.41. The van der Waals surface area contributed by atoms with Gasteiger partial charge in [-0.3, -0.25) is 0 Å². The van der Waals surface area contributed by atoms with Crippen LogP contribution in [0.15, 0.2) is 0 Å². The maximum absolute atomic E-state index is 10.3. The van der Waals surface area contributed by atoms with E-state index in [1.807, 2.05) is 0 Å². The molecule has 0 aliphatic heterocycles. The fraction of sp³-hybridized carbons (Fsp3) is 1.00. The van der Waals surface area contributed by atoms with Crippen molar-refractivity contribution in [1.82, 2.24) is 5.32 Å². The molecule has 1 aliphatic carbocycles. The molecule has 1 fully saturated rings. The summed E-state index contributed by atoms with van der Waals surface area (Å²) in [6.45, 7) is 8.29. The third kappa shape index (κ3) is 3.28. The van der Waals surface area contributed by atoms with Crippen LogP contribution in [0.5, 0.6) is 0 Å². The number of nitrogens with one attached hydrogen (secondary N) is 1. The van der Waals surface area contributed by atoms with Crippen LogP contribution in [0.1, 0.15) is 46.5 Å². The van der Waals surface area contributed by atoms with Crippen LogP contribution in [-0.2, 0) is 0 Å². The molecule has 1 rings (SSSR count). The molecule has 1 aliphatic rings. The van der Waals surface area contributed by atoms with Crippen molar-refractivity contribution in [3.05, 3.63) is 0 Å². The molecular formula is C11H23NO. The molecule has 78 valence electrons. The van der Waals surface area contributed by atoms with Crippen LogP contribution in [-0.4, -0.2) is 23.8 Å². The molecule has 2 N–H and O–H groups in total. The van der Waals surface area contributed by atoms with Crippen LogP contribution in [0, 0.1) is 5.41 Å². The Hall–Kier alpha value is -0.0800. The molecule has 0 radical (unpaired) electrons. The predicted octanol–water partition coefficient (Wildman–Crippen LogP) is 1.93. The van der Waals surface area contributed by atoms with E-state index in [2.05, 4.69) is 26.1 Å². The summed E-state index contributed by atoms with van der Waals surface area (Å²) in [6.07, 6.45) is 4.31. The molecule has 1 saturated carbocycles. The molecule has 0 aromatic rings. The average molecular weight is 185 g/mol. The summed E-state index contributed by atoms with van der Waals surface area (Å²) in [7, 11) is 0. The first kappa shape index (κ1) is 11.0. The second kappa shape index (κ2) is 3.97. The summed E-state index contributed by atoms with van der Waals surface area (Å²) >= 11 is 0. The first-order chi connectivity index (χ1) is 5.97. The van der Waals surface area contributed by atoms with Gasteiger partial charge in [0.1, 0.15) is 0 Å². The Morgan fingerprint density at radius 3 is 2.54 bits per heavy atom. The molecule has 1 unspecified atom stereocenters. The minimum absolute atomic E-state index is 0.322. The second-order valence-electron chi connectivity index (χ2n) is 5.20. The van der Waals surface area contributed by atoms with Crippen molar-refractivity contribution in [2.24, 2.45) is 5.41 Å². The van der Waals surface area contributed by atoms with Gasteiger partial charge in [-0.15, -0.1) is 0 Å². The zero-order chi connectivity index (χ0) is 9.95. The van der Waals surface area contributed by atoms with Gasteiger partial charge in [-0.1, -0.05) is 27.2 Å². The van der Waals surface area contributed by atoms with Gasteiger partial charge in [-0.2, -0.15) is 0 Å².